The number of rotatable bonds is 18. The molecule has 1 saturated carbocycles. The number of benzene rings is 4. The van der Waals surface area contributed by atoms with Gasteiger partial charge in [0, 0.05) is 103 Å². The molecule has 85 heavy (non-hydrogen) atoms. The molecule has 15 nitrogen and oxygen atoms in total. The van der Waals surface area contributed by atoms with Crippen molar-refractivity contribution in [1.82, 2.24) is 40.5 Å². The Bertz CT molecular complexity index is 3400. The summed E-state index contributed by atoms with van der Waals surface area (Å²) in [6.07, 6.45) is 7.08. The van der Waals surface area contributed by atoms with E-state index in [-0.39, 0.29) is 39.5 Å². The van der Waals surface area contributed by atoms with Gasteiger partial charge >= 0.3 is 0 Å². The Morgan fingerprint density at radius 3 is 2.22 bits per heavy atom. The molecular formula is C67H85ClFN11O4S. The molecule has 3 fully saturated rings. The number of hydrogen-bond acceptors (Lipinski definition) is 11. The number of thiophene rings is 1. The van der Waals surface area contributed by atoms with E-state index in [0.29, 0.717) is 48.5 Å². The summed E-state index contributed by atoms with van der Waals surface area (Å²) < 4.78 is 18.3. The smallest absolute Gasteiger partial charge is 0.251 e. The first-order chi connectivity index (χ1) is 40.6. The number of aliphatic imine (C=N–C) groups is 1. The van der Waals surface area contributed by atoms with Gasteiger partial charge in [0.1, 0.15) is 23.2 Å². The summed E-state index contributed by atoms with van der Waals surface area (Å²) in [7, 11) is 0. The second-order valence-corrected chi connectivity index (χ2v) is 27.2. The summed E-state index contributed by atoms with van der Waals surface area (Å²) in [6, 6.07) is 25.5. The highest BCUT2D eigenvalue weighted by Crippen LogP contribution is 2.56. The van der Waals surface area contributed by atoms with E-state index in [0.717, 1.165) is 118 Å². The molecule has 4 aromatic carbocycles. The highest BCUT2D eigenvalue weighted by atomic mass is 35.5. The van der Waals surface area contributed by atoms with E-state index in [2.05, 4.69) is 124 Å². The highest BCUT2D eigenvalue weighted by Gasteiger charge is 2.57. The summed E-state index contributed by atoms with van der Waals surface area (Å²) in [5, 5.41) is 25.5. The van der Waals surface area contributed by atoms with Gasteiger partial charge in [0.15, 0.2) is 5.82 Å². The number of hydrogen-bond donors (Lipinski definition) is 5. The number of nitrogens with one attached hydrogen (secondary N) is 5. The fraction of sp³-hybridized carbons (Fsp3) is 0.478. The molecule has 10 rings (SSSR count). The molecule has 4 aliphatic rings. The Morgan fingerprint density at radius 2 is 1.53 bits per heavy atom. The Balaban J connectivity index is 0.000000310. The standard InChI is InChI=1S/C49H67ClFN7O4.C18H18N4S/c1-33-14-19-37(40(28-33)54-32-59)42-41(38-12-10-13-39(50)43(38)51)44(56-49(42)20-8-7-9-21-49)46(62)55-36-17-15-35(16-18-36)45(61)53-30-47(3,4)29-48(5,6)31-58-26-24-57(25-27-58)23-11-22-52-34(2)60;1-10-5-7-14(8-6-10)17-16-11(2)12(3)23-18(16)22-13(4)20-21-15(22)9-19-17/h10,12-19,28,32,41-42,44,56H,7-9,11,20-27,29-31H2,1-6H3,(H,52,60)(H,53,61)(H,54,59)(H,55,62);5-8H,9H2,1-4H3/t41-,42?,44?;/m0./s1. The van der Waals surface area contributed by atoms with Gasteiger partial charge in [-0.05, 0) is 136 Å². The van der Waals surface area contributed by atoms with E-state index in [1.807, 2.05) is 32.0 Å². The van der Waals surface area contributed by atoms with Crippen LogP contribution in [0.1, 0.15) is 157 Å². The number of piperazine rings is 1. The zero-order valence-electron chi connectivity index (χ0n) is 51.2. The number of fused-ring (bicyclic) bond motifs is 3. The molecule has 4 amide bonds. The summed E-state index contributed by atoms with van der Waals surface area (Å²) in [6.45, 7) is 28.8. The molecule has 5 N–H and O–H groups in total. The Morgan fingerprint density at radius 1 is 0.835 bits per heavy atom. The van der Waals surface area contributed by atoms with Gasteiger partial charge < -0.3 is 31.1 Å². The second-order valence-electron chi connectivity index (χ2n) is 25.5. The van der Waals surface area contributed by atoms with Gasteiger partial charge in [0.25, 0.3) is 5.91 Å². The number of carbonyl (C=O) groups excluding carboxylic acids is 4. The van der Waals surface area contributed by atoms with Crippen LogP contribution in [0.5, 0.6) is 0 Å². The number of aryl methyl sites for hydroxylation is 4. The average molecular weight is 1200 g/mol. The fourth-order valence-corrected chi connectivity index (χ4v) is 15.2. The molecule has 0 radical (unpaired) electrons. The molecule has 6 aromatic rings. The second kappa shape index (κ2) is 27.0. The van der Waals surface area contributed by atoms with E-state index < -0.39 is 23.3 Å². The Hall–Kier alpha value is -6.63. The number of nitrogens with zero attached hydrogens (tertiary/aromatic N) is 6. The topological polar surface area (TPSA) is 178 Å². The van der Waals surface area contributed by atoms with Crippen molar-refractivity contribution in [3.05, 3.63) is 157 Å². The fourth-order valence-electron chi connectivity index (χ4n) is 13.7. The number of anilines is 2. The van der Waals surface area contributed by atoms with Crippen LogP contribution in [0.25, 0.3) is 5.00 Å². The number of carbonyl (C=O) groups is 4. The van der Waals surface area contributed by atoms with Crippen molar-refractivity contribution in [2.24, 2.45) is 15.8 Å². The Kier molecular flexibility index (Phi) is 19.9. The SMILES string of the molecule is CC(=O)NCCCN1CCN(CC(C)(C)CC(C)(C)CNC(=O)c2ccc(NC(=O)C3NC4(CCCCC4)C(c4ccc(C)cc4NC=O)[C@@H]3c3cccc(Cl)c3F)cc2)CC1.Cc1ccc(C2=NCc3nnc(C)n3-c3sc(C)c(C)c32)cc1. The van der Waals surface area contributed by atoms with Crippen LogP contribution in [0.2, 0.25) is 5.02 Å². The van der Waals surface area contributed by atoms with E-state index in [9.17, 15) is 19.2 Å². The molecule has 452 valence electrons. The summed E-state index contributed by atoms with van der Waals surface area (Å²) in [5.74, 6) is -0.218. The zero-order chi connectivity index (χ0) is 60.8. The van der Waals surface area contributed by atoms with Gasteiger partial charge in [-0.25, -0.2) is 4.39 Å². The molecule has 2 aromatic heterocycles. The third-order valence-electron chi connectivity index (χ3n) is 17.5. The molecule has 18 heteroatoms. The van der Waals surface area contributed by atoms with Crippen LogP contribution in [-0.2, 0) is 20.9 Å². The number of aromatic nitrogens is 3. The lowest BCUT2D eigenvalue weighted by Gasteiger charge is -2.41. The van der Waals surface area contributed by atoms with E-state index in [4.69, 9.17) is 16.6 Å². The third-order valence-corrected chi connectivity index (χ3v) is 19.0. The van der Waals surface area contributed by atoms with Crippen LogP contribution in [0, 0.1) is 51.3 Å². The third kappa shape index (κ3) is 14.8. The predicted molar refractivity (Wildman–Crippen MR) is 340 cm³/mol. The predicted octanol–water partition coefficient (Wildman–Crippen LogP) is 11.8. The first-order valence-electron chi connectivity index (χ1n) is 30.1. The van der Waals surface area contributed by atoms with Crippen molar-refractivity contribution in [3.63, 3.8) is 0 Å². The van der Waals surface area contributed by atoms with Crippen LogP contribution < -0.4 is 26.6 Å². The molecule has 5 heterocycles. The molecule has 3 aliphatic heterocycles. The summed E-state index contributed by atoms with van der Waals surface area (Å²) >= 11 is 8.20. The summed E-state index contributed by atoms with van der Waals surface area (Å²) in [4.78, 5) is 62.2. The van der Waals surface area contributed by atoms with E-state index in [1.165, 1.54) is 32.6 Å². The lowest BCUT2D eigenvalue weighted by Crippen LogP contribution is -2.50. The highest BCUT2D eigenvalue weighted by molar-refractivity contribution is 7.15. The monoisotopic (exact) mass is 1190 g/mol. The normalized spacial score (nSPS) is 18.7. The molecule has 3 atom stereocenters. The van der Waals surface area contributed by atoms with Crippen molar-refractivity contribution in [1.29, 1.82) is 0 Å². The van der Waals surface area contributed by atoms with Gasteiger partial charge in [0.2, 0.25) is 18.2 Å². The van der Waals surface area contributed by atoms with Gasteiger partial charge in [0.05, 0.1) is 16.8 Å². The lowest BCUT2D eigenvalue weighted by atomic mass is 9.66. The molecule has 2 saturated heterocycles. The van der Waals surface area contributed by atoms with Crippen molar-refractivity contribution >= 4 is 64.2 Å². The minimum atomic E-state index is -0.831. The lowest BCUT2D eigenvalue weighted by molar-refractivity contribution is -0.119. The maximum absolute atomic E-state index is 16.2. The van der Waals surface area contributed by atoms with Gasteiger partial charge in [-0.15, -0.1) is 21.5 Å². The largest absolute Gasteiger partial charge is 0.356 e. The molecular weight excluding hydrogens is 1110 g/mol. The van der Waals surface area contributed by atoms with E-state index in [1.54, 1.807) is 54.7 Å². The van der Waals surface area contributed by atoms with Crippen molar-refractivity contribution in [2.75, 3.05) is 63.0 Å². The Labute approximate surface area is 510 Å². The van der Waals surface area contributed by atoms with Gasteiger partial charge in [-0.2, -0.15) is 0 Å². The van der Waals surface area contributed by atoms with Crippen LogP contribution in [-0.4, -0.2) is 118 Å². The van der Waals surface area contributed by atoms with Gasteiger partial charge in [-0.1, -0.05) is 113 Å². The van der Waals surface area contributed by atoms with Crippen molar-refractivity contribution in [3.8, 4) is 5.00 Å². The number of amides is 4. The van der Waals surface area contributed by atoms with Crippen LogP contribution in [0.15, 0.2) is 89.9 Å². The number of halogens is 2. The quantitative estimate of drug-likeness (QED) is 0.0414. The maximum Gasteiger partial charge on any atom is 0.251 e. The molecule has 1 aliphatic carbocycles. The van der Waals surface area contributed by atoms with Crippen LogP contribution in [0.3, 0.4) is 0 Å². The molecule has 2 unspecified atom stereocenters. The average Bonchev–Trinajstić information content (AvgIpc) is 2.35. The molecule has 1 spiro atoms. The first kappa shape index (κ1) is 62.9. The van der Waals surface area contributed by atoms with Gasteiger partial charge in [-0.3, -0.25) is 34.1 Å². The maximum atomic E-state index is 16.2. The minimum Gasteiger partial charge on any atom is -0.356 e. The van der Waals surface area contributed by atoms with E-state index >= 15 is 4.39 Å². The van der Waals surface area contributed by atoms with Crippen LogP contribution in [0.4, 0.5) is 15.8 Å². The van der Waals surface area contributed by atoms with Crippen LogP contribution >= 0.6 is 22.9 Å². The zero-order valence-corrected chi connectivity index (χ0v) is 52.8. The summed E-state index contributed by atoms with van der Waals surface area (Å²) in [5.41, 5.74) is 9.17. The minimum absolute atomic E-state index is 0.0146. The van der Waals surface area contributed by atoms with Crippen molar-refractivity contribution in [2.45, 2.75) is 144 Å². The van der Waals surface area contributed by atoms with Crippen molar-refractivity contribution < 1.29 is 23.6 Å². The first-order valence-corrected chi connectivity index (χ1v) is 31.3. The molecule has 0 bridgehead atoms.